The van der Waals surface area contributed by atoms with Crippen molar-refractivity contribution < 1.29 is 9.59 Å². The molecule has 1 spiro atoms. The van der Waals surface area contributed by atoms with E-state index in [1.807, 2.05) is 53.4 Å². The van der Waals surface area contributed by atoms with Crippen molar-refractivity contribution in [1.29, 1.82) is 0 Å². The van der Waals surface area contributed by atoms with Crippen LogP contribution in [0.2, 0.25) is 0 Å². The summed E-state index contributed by atoms with van der Waals surface area (Å²) in [5.41, 5.74) is 1.80. The van der Waals surface area contributed by atoms with Gasteiger partial charge in [0.25, 0.3) is 11.8 Å². The van der Waals surface area contributed by atoms with Crippen molar-refractivity contribution in [2.75, 3.05) is 10.6 Å². The number of hydrogen-bond donors (Lipinski definition) is 2. The molecule has 1 aliphatic carbocycles. The quantitative estimate of drug-likeness (QED) is 0.827. The summed E-state index contributed by atoms with van der Waals surface area (Å²) in [5.74, 6) is -0.231. The summed E-state index contributed by atoms with van der Waals surface area (Å²) in [5, 5.41) is 6.43. The number of nitrogens with one attached hydrogen (secondary N) is 2. The van der Waals surface area contributed by atoms with Crippen LogP contribution in [-0.2, 0) is 10.5 Å². The molecule has 5 nitrogen and oxygen atoms in total. The molecule has 2 aromatic rings. The van der Waals surface area contributed by atoms with Crippen molar-refractivity contribution in [2.24, 2.45) is 0 Å². The molecule has 5 rings (SSSR count). The predicted molar refractivity (Wildman–Crippen MR) is 99.9 cm³/mol. The van der Waals surface area contributed by atoms with Gasteiger partial charge in [0.05, 0.1) is 5.56 Å². The minimum absolute atomic E-state index is 0.0573. The first kappa shape index (κ1) is 15.4. The van der Waals surface area contributed by atoms with Crippen LogP contribution >= 0.6 is 0 Å². The van der Waals surface area contributed by atoms with Gasteiger partial charge in [0.15, 0.2) is 0 Å². The maximum atomic E-state index is 13.5. The van der Waals surface area contributed by atoms with Gasteiger partial charge in [-0.05, 0) is 31.0 Å². The number of rotatable bonds is 1. The number of fused-ring (bicyclic) bond motifs is 3. The maximum Gasteiger partial charge on any atom is 0.276 e. The first-order chi connectivity index (χ1) is 12.7. The second-order valence-electron chi connectivity index (χ2n) is 7.35. The van der Waals surface area contributed by atoms with Crippen molar-refractivity contribution in [3.05, 3.63) is 59.7 Å². The Kier molecular flexibility index (Phi) is 3.32. The Hall–Kier alpha value is -2.82. The van der Waals surface area contributed by atoms with Gasteiger partial charge in [0, 0.05) is 23.0 Å². The molecule has 1 saturated carbocycles. The summed E-state index contributed by atoms with van der Waals surface area (Å²) in [6, 6.07) is 15.2. The molecule has 0 saturated heterocycles. The Balaban J connectivity index is 1.74. The molecule has 5 heteroatoms. The summed E-state index contributed by atoms with van der Waals surface area (Å²) in [7, 11) is 0. The third-order valence-electron chi connectivity index (χ3n) is 5.89. The van der Waals surface area contributed by atoms with Crippen LogP contribution in [0, 0.1) is 0 Å². The highest BCUT2D eigenvalue weighted by atomic mass is 16.2. The first-order valence-electron chi connectivity index (χ1n) is 9.33. The summed E-state index contributed by atoms with van der Waals surface area (Å²) < 4.78 is 0. The molecular formula is C21H21N3O2. The Morgan fingerprint density at radius 3 is 2.38 bits per heavy atom. The van der Waals surface area contributed by atoms with E-state index in [2.05, 4.69) is 10.6 Å². The summed E-state index contributed by atoms with van der Waals surface area (Å²) in [6.07, 6.45) is 5.25. The number of carbonyl (C=O) groups is 2. The highest BCUT2D eigenvalue weighted by molar-refractivity contribution is 6.14. The molecule has 2 aromatic carbocycles. The van der Waals surface area contributed by atoms with Crippen molar-refractivity contribution in [2.45, 2.75) is 43.8 Å². The van der Waals surface area contributed by atoms with Crippen molar-refractivity contribution in [3.63, 3.8) is 0 Å². The van der Waals surface area contributed by atoms with Crippen molar-refractivity contribution in [3.8, 4) is 0 Å². The van der Waals surface area contributed by atoms with Crippen LogP contribution in [0.15, 0.2) is 48.5 Å². The lowest BCUT2D eigenvalue weighted by atomic mass is 9.86. The van der Waals surface area contributed by atoms with E-state index in [1.54, 1.807) is 0 Å². The van der Waals surface area contributed by atoms with Crippen LogP contribution in [0.5, 0.6) is 0 Å². The fourth-order valence-electron chi connectivity index (χ4n) is 4.70. The van der Waals surface area contributed by atoms with Crippen LogP contribution < -0.4 is 10.6 Å². The average Bonchev–Trinajstić information content (AvgIpc) is 2.95. The molecule has 0 unspecified atom stereocenters. The monoisotopic (exact) mass is 347 g/mol. The van der Waals surface area contributed by atoms with Gasteiger partial charge < -0.3 is 15.5 Å². The third kappa shape index (κ3) is 1.97. The van der Waals surface area contributed by atoms with Crippen LogP contribution in [0.1, 0.15) is 48.0 Å². The lowest BCUT2D eigenvalue weighted by Gasteiger charge is -2.49. The molecule has 1 fully saturated rings. The van der Waals surface area contributed by atoms with Gasteiger partial charge in [-0.1, -0.05) is 49.6 Å². The normalized spacial score (nSPS) is 24.8. The smallest absolute Gasteiger partial charge is 0.276 e. The number of carbonyl (C=O) groups excluding carboxylic acids is 2. The van der Waals surface area contributed by atoms with E-state index in [0.29, 0.717) is 5.56 Å². The van der Waals surface area contributed by atoms with Gasteiger partial charge >= 0.3 is 0 Å². The van der Waals surface area contributed by atoms with Gasteiger partial charge in [-0.2, -0.15) is 0 Å². The molecule has 2 N–H and O–H groups in total. The molecule has 2 aliphatic heterocycles. The highest BCUT2D eigenvalue weighted by Crippen LogP contribution is 2.47. The van der Waals surface area contributed by atoms with E-state index in [4.69, 9.17) is 0 Å². The number of para-hydroxylation sites is 2. The molecule has 2 heterocycles. The number of anilines is 2. The van der Waals surface area contributed by atoms with E-state index in [-0.39, 0.29) is 17.9 Å². The summed E-state index contributed by atoms with van der Waals surface area (Å²) in [6.45, 7) is 0. The zero-order valence-electron chi connectivity index (χ0n) is 14.5. The molecule has 0 bridgehead atoms. The molecule has 26 heavy (non-hydrogen) atoms. The fraction of sp³-hybridized carbons (Fsp3) is 0.333. The lowest BCUT2D eigenvalue weighted by molar-refractivity contribution is -0.126. The Morgan fingerprint density at radius 1 is 0.885 bits per heavy atom. The molecule has 132 valence electrons. The predicted octanol–water partition coefficient (Wildman–Crippen LogP) is 3.69. The SMILES string of the molecule is O=C1c2ccccc2N[C@]2(C(=O)Nc3ccccc32)N1C1CCCCC1. The van der Waals surface area contributed by atoms with Gasteiger partial charge in [0.2, 0.25) is 5.66 Å². The lowest BCUT2D eigenvalue weighted by Crippen LogP contribution is -2.64. The van der Waals surface area contributed by atoms with E-state index in [0.717, 1.165) is 42.6 Å². The average molecular weight is 347 g/mol. The van der Waals surface area contributed by atoms with E-state index in [9.17, 15) is 9.59 Å². The highest BCUT2D eigenvalue weighted by Gasteiger charge is 2.58. The van der Waals surface area contributed by atoms with Gasteiger partial charge in [0.1, 0.15) is 0 Å². The molecule has 3 aliphatic rings. The topological polar surface area (TPSA) is 61.4 Å². The number of benzene rings is 2. The van der Waals surface area contributed by atoms with Crippen LogP contribution in [0.3, 0.4) is 0 Å². The van der Waals surface area contributed by atoms with E-state index in [1.165, 1.54) is 6.42 Å². The number of amides is 2. The van der Waals surface area contributed by atoms with Crippen LogP contribution in [0.25, 0.3) is 0 Å². The minimum Gasteiger partial charge on any atom is -0.350 e. The standard InChI is InChI=1S/C21H21N3O2/c25-19-15-10-4-6-12-17(15)23-21(24(19)14-8-2-1-3-9-14)16-11-5-7-13-18(16)22-20(21)26/h4-7,10-14,23H,1-3,8-9H2,(H,22,26)/t21-/m0/s1. The zero-order valence-corrected chi connectivity index (χ0v) is 14.5. The van der Waals surface area contributed by atoms with Crippen LogP contribution in [0.4, 0.5) is 11.4 Å². The summed E-state index contributed by atoms with van der Waals surface area (Å²) in [4.78, 5) is 28.6. The largest absolute Gasteiger partial charge is 0.350 e. The maximum absolute atomic E-state index is 13.5. The Bertz CT molecular complexity index is 904. The third-order valence-corrected chi connectivity index (χ3v) is 5.89. The molecule has 0 aromatic heterocycles. The van der Waals surface area contributed by atoms with Gasteiger partial charge in [-0.25, -0.2) is 0 Å². The number of hydrogen-bond acceptors (Lipinski definition) is 3. The van der Waals surface area contributed by atoms with Crippen LogP contribution in [-0.4, -0.2) is 22.8 Å². The number of nitrogens with zero attached hydrogens (tertiary/aromatic N) is 1. The van der Waals surface area contributed by atoms with Crippen molar-refractivity contribution >= 4 is 23.2 Å². The molecule has 2 amide bonds. The second-order valence-corrected chi connectivity index (χ2v) is 7.35. The van der Waals surface area contributed by atoms with E-state index < -0.39 is 5.66 Å². The molecular weight excluding hydrogens is 326 g/mol. The minimum atomic E-state index is -1.16. The Morgan fingerprint density at radius 2 is 1.58 bits per heavy atom. The first-order valence-corrected chi connectivity index (χ1v) is 9.33. The fourth-order valence-corrected chi connectivity index (χ4v) is 4.70. The zero-order chi connectivity index (χ0) is 17.7. The second kappa shape index (κ2) is 5.59. The van der Waals surface area contributed by atoms with Crippen molar-refractivity contribution in [1.82, 2.24) is 4.90 Å². The Labute approximate surface area is 152 Å². The molecule has 0 radical (unpaired) electrons. The summed E-state index contributed by atoms with van der Waals surface area (Å²) >= 11 is 0. The molecule has 1 atom stereocenters. The van der Waals surface area contributed by atoms with Gasteiger partial charge in [-0.15, -0.1) is 0 Å². The van der Waals surface area contributed by atoms with E-state index >= 15 is 0 Å². The van der Waals surface area contributed by atoms with Gasteiger partial charge in [-0.3, -0.25) is 9.59 Å².